The standard InChI is InChI=1S/C31H25FN8O4/c1-43-26-10-7-19(13-27(26)44-2)20-12-22(28(33)35-14-20)18-5-8-21(9-6-18)38-29(41)23-15-39(16-25-24(32)4-3-11-34-25)31-36-17-37-40(31)30(23)42/h3-15,17H,16H2,1-2H3,(H2,33,35)(H,38,41). The molecule has 0 fully saturated rings. The molecule has 0 saturated heterocycles. The summed E-state index contributed by atoms with van der Waals surface area (Å²) in [5, 5.41) is 6.68. The minimum Gasteiger partial charge on any atom is -0.493 e. The number of ether oxygens (including phenoxy) is 2. The minimum absolute atomic E-state index is 0.0675. The summed E-state index contributed by atoms with van der Waals surface area (Å²) in [6, 6.07) is 17.2. The van der Waals surface area contributed by atoms with Crippen molar-refractivity contribution >= 4 is 23.2 Å². The molecule has 13 heteroatoms. The summed E-state index contributed by atoms with van der Waals surface area (Å²) < 4.78 is 27.5. The maximum atomic E-state index is 14.3. The zero-order valence-electron chi connectivity index (χ0n) is 23.6. The van der Waals surface area contributed by atoms with Crippen molar-refractivity contribution in [3.8, 4) is 33.8 Å². The maximum absolute atomic E-state index is 14.3. The molecule has 0 saturated carbocycles. The first-order chi connectivity index (χ1) is 21.4. The largest absolute Gasteiger partial charge is 0.493 e. The number of carbonyl (C=O) groups is 1. The second kappa shape index (κ2) is 11.6. The van der Waals surface area contributed by atoms with Crippen LogP contribution in [0.4, 0.5) is 15.9 Å². The lowest BCUT2D eigenvalue weighted by molar-refractivity contribution is 0.102. The number of aromatic nitrogens is 6. The summed E-state index contributed by atoms with van der Waals surface area (Å²) in [6.45, 7) is -0.0675. The molecular formula is C31H25FN8O4. The summed E-state index contributed by atoms with van der Waals surface area (Å²) in [5.74, 6) is 0.466. The van der Waals surface area contributed by atoms with Crippen LogP contribution in [0.3, 0.4) is 0 Å². The molecule has 220 valence electrons. The van der Waals surface area contributed by atoms with E-state index in [9.17, 15) is 14.0 Å². The van der Waals surface area contributed by atoms with Gasteiger partial charge < -0.3 is 25.1 Å². The number of benzene rings is 2. The van der Waals surface area contributed by atoms with Crippen LogP contribution in [0.15, 0.2) is 90.4 Å². The van der Waals surface area contributed by atoms with Gasteiger partial charge >= 0.3 is 0 Å². The van der Waals surface area contributed by atoms with Gasteiger partial charge in [0.05, 0.1) is 26.5 Å². The van der Waals surface area contributed by atoms with E-state index in [1.807, 2.05) is 24.3 Å². The number of hydrogen-bond donors (Lipinski definition) is 2. The van der Waals surface area contributed by atoms with Gasteiger partial charge in [-0.15, -0.1) is 0 Å². The Bertz CT molecular complexity index is 2070. The number of pyridine rings is 2. The molecule has 2 aromatic carbocycles. The zero-order chi connectivity index (χ0) is 30.8. The molecule has 0 aliphatic heterocycles. The fourth-order valence-electron chi connectivity index (χ4n) is 4.74. The zero-order valence-corrected chi connectivity index (χ0v) is 23.6. The number of fused-ring (bicyclic) bond motifs is 1. The van der Waals surface area contributed by atoms with E-state index in [1.165, 1.54) is 35.4 Å². The second-order valence-corrected chi connectivity index (χ2v) is 9.64. The summed E-state index contributed by atoms with van der Waals surface area (Å²) >= 11 is 0. The molecule has 4 aromatic heterocycles. The van der Waals surface area contributed by atoms with Crippen LogP contribution in [-0.4, -0.2) is 49.3 Å². The van der Waals surface area contributed by atoms with Crippen LogP contribution in [0.1, 0.15) is 16.1 Å². The van der Waals surface area contributed by atoms with E-state index in [2.05, 4.69) is 25.4 Å². The molecule has 0 aliphatic rings. The van der Waals surface area contributed by atoms with E-state index in [0.717, 1.165) is 21.2 Å². The highest BCUT2D eigenvalue weighted by atomic mass is 19.1. The highest BCUT2D eigenvalue weighted by Crippen LogP contribution is 2.35. The monoisotopic (exact) mass is 592 g/mol. The highest BCUT2D eigenvalue weighted by molar-refractivity contribution is 6.04. The van der Waals surface area contributed by atoms with Gasteiger partial charge in [-0.2, -0.15) is 14.6 Å². The number of amides is 1. The van der Waals surface area contributed by atoms with Crippen LogP contribution in [0.25, 0.3) is 28.0 Å². The first kappa shape index (κ1) is 28.0. The average Bonchev–Trinajstić information content (AvgIpc) is 3.55. The van der Waals surface area contributed by atoms with Crippen LogP contribution in [0.2, 0.25) is 0 Å². The van der Waals surface area contributed by atoms with Gasteiger partial charge in [0.15, 0.2) is 11.5 Å². The van der Waals surface area contributed by atoms with Gasteiger partial charge in [0.1, 0.15) is 23.5 Å². The predicted molar refractivity (Wildman–Crippen MR) is 161 cm³/mol. The van der Waals surface area contributed by atoms with E-state index in [-0.39, 0.29) is 23.6 Å². The molecule has 0 bridgehead atoms. The van der Waals surface area contributed by atoms with Gasteiger partial charge in [-0.25, -0.2) is 9.37 Å². The number of halogens is 1. The van der Waals surface area contributed by atoms with Gasteiger partial charge in [0.25, 0.3) is 11.5 Å². The third kappa shape index (κ3) is 5.29. The number of anilines is 2. The van der Waals surface area contributed by atoms with Crippen LogP contribution in [-0.2, 0) is 6.54 Å². The van der Waals surface area contributed by atoms with E-state index < -0.39 is 17.3 Å². The topological polar surface area (TPSA) is 152 Å². The molecule has 6 rings (SSSR count). The Kier molecular flexibility index (Phi) is 7.42. The number of nitrogens with two attached hydrogens (primary N) is 1. The number of nitrogen functional groups attached to an aromatic ring is 1. The lowest BCUT2D eigenvalue weighted by Crippen LogP contribution is -2.29. The Labute approximate surface area is 249 Å². The first-order valence-corrected chi connectivity index (χ1v) is 13.3. The van der Waals surface area contributed by atoms with Gasteiger partial charge in [-0.3, -0.25) is 14.6 Å². The van der Waals surface area contributed by atoms with Crippen molar-refractivity contribution in [2.45, 2.75) is 6.54 Å². The number of nitrogens with one attached hydrogen (secondary N) is 1. The van der Waals surface area contributed by atoms with Gasteiger partial charge in [0.2, 0.25) is 5.78 Å². The molecule has 44 heavy (non-hydrogen) atoms. The minimum atomic E-state index is -0.674. The van der Waals surface area contributed by atoms with Crippen molar-refractivity contribution in [1.29, 1.82) is 0 Å². The smallest absolute Gasteiger partial charge is 0.288 e. The highest BCUT2D eigenvalue weighted by Gasteiger charge is 2.19. The lowest BCUT2D eigenvalue weighted by Gasteiger charge is -2.13. The molecular weight excluding hydrogens is 567 g/mol. The summed E-state index contributed by atoms with van der Waals surface area (Å²) in [5.41, 5.74) is 9.03. The first-order valence-electron chi connectivity index (χ1n) is 13.3. The molecule has 12 nitrogen and oxygen atoms in total. The fourth-order valence-corrected chi connectivity index (χ4v) is 4.74. The summed E-state index contributed by atoms with van der Waals surface area (Å²) in [7, 11) is 3.14. The van der Waals surface area contributed by atoms with Crippen LogP contribution >= 0.6 is 0 Å². The Morgan fingerprint density at radius 2 is 1.73 bits per heavy atom. The Morgan fingerprint density at radius 3 is 2.48 bits per heavy atom. The van der Waals surface area contributed by atoms with Crippen LogP contribution in [0.5, 0.6) is 11.5 Å². The SMILES string of the molecule is COc1ccc(-c2cnc(N)c(-c3ccc(NC(=O)c4cn(Cc5ncccc5F)c5ncnn5c4=O)cc3)c2)cc1OC. The molecule has 4 heterocycles. The molecule has 3 N–H and O–H groups in total. The normalized spacial score (nSPS) is 11.0. The van der Waals surface area contributed by atoms with Crippen molar-refractivity contribution in [3.05, 3.63) is 113 Å². The summed E-state index contributed by atoms with van der Waals surface area (Å²) in [4.78, 5) is 38.8. The van der Waals surface area contributed by atoms with Crippen LogP contribution in [0, 0.1) is 5.82 Å². The number of nitrogens with zero attached hydrogens (tertiary/aromatic N) is 6. The molecule has 0 unspecified atom stereocenters. The van der Waals surface area contributed by atoms with E-state index in [0.29, 0.717) is 28.6 Å². The van der Waals surface area contributed by atoms with Crippen molar-refractivity contribution in [2.24, 2.45) is 0 Å². The third-order valence-corrected chi connectivity index (χ3v) is 6.98. The van der Waals surface area contributed by atoms with E-state index in [4.69, 9.17) is 15.2 Å². The number of rotatable bonds is 8. The van der Waals surface area contributed by atoms with Crippen molar-refractivity contribution in [2.75, 3.05) is 25.3 Å². The molecule has 0 spiro atoms. The van der Waals surface area contributed by atoms with Gasteiger partial charge in [-0.05, 0) is 53.6 Å². The van der Waals surface area contributed by atoms with E-state index >= 15 is 0 Å². The third-order valence-electron chi connectivity index (χ3n) is 6.98. The quantitative estimate of drug-likeness (QED) is 0.267. The van der Waals surface area contributed by atoms with Gasteiger partial charge in [-0.1, -0.05) is 18.2 Å². The van der Waals surface area contributed by atoms with Crippen molar-refractivity contribution in [1.82, 2.24) is 29.1 Å². The molecule has 0 radical (unpaired) electrons. The Balaban J connectivity index is 1.26. The molecule has 0 atom stereocenters. The molecule has 0 aliphatic carbocycles. The number of hydrogen-bond acceptors (Lipinski definition) is 9. The number of methoxy groups -OCH3 is 2. The fraction of sp³-hybridized carbons (Fsp3) is 0.0968. The maximum Gasteiger partial charge on any atom is 0.288 e. The average molecular weight is 593 g/mol. The van der Waals surface area contributed by atoms with Crippen molar-refractivity contribution < 1.29 is 18.7 Å². The Hall–Kier alpha value is -6.11. The van der Waals surface area contributed by atoms with Crippen molar-refractivity contribution in [3.63, 3.8) is 0 Å². The van der Waals surface area contributed by atoms with E-state index in [1.54, 1.807) is 44.7 Å². The molecule has 6 aromatic rings. The molecule has 1 amide bonds. The number of carbonyl (C=O) groups excluding carboxylic acids is 1. The van der Waals surface area contributed by atoms with Gasteiger partial charge in [0, 0.05) is 35.4 Å². The second-order valence-electron chi connectivity index (χ2n) is 9.64. The van der Waals surface area contributed by atoms with Crippen LogP contribution < -0.4 is 26.1 Å². The Morgan fingerprint density at radius 1 is 0.955 bits per heavy atom. The lowest BCUT2D eigenvalue weighted by atomic mass is 10.0. The summed E-state index contributed by atoms with van der Waals surface area (Å²) in [6.07, 6.45) is 5.63. The predicted octanol–water partition coefficient (Wildman–Crippen LogP) is 4.05.